The van der Waals surface area contributed by atoms with Gasteiger partial charge >= 0.3 is 36.4 Å². The van der Waals surface area contributed by atoms with E-state index in [4.69, 9.17) is 0 Å². The summed E-state index contributed by atoms with van der Waals surface area (Å²) in [7, 11) is -0.571. The second kappa shape index (κ2) is 12.6. The predicted molar refractivity (Wildman–Crippen MR) is 154 cm³/mol. The van der Waals surface area contributed by atoms with E-state index in [1.165, 1.54) is 42.1 Å². The summed E-state index contributed by atoms with van der Waals surface area (Å²) in [5.74, 6) is -1.34. The van der Waals surface area contributed by atoms with Gasteiger partial charge in [-0.05, 0) is 91.0 Å². The monoisotopic (exact) mass is 764 g/mol. The molecular weight excluding hydrogens is 745 g/mol. The van der Waals surface area contributed by atoms with Gasteiger partial charge in [-0.25, -0.2) is 13.2 Å². The third-order valence-corrected chi connectivity index (χ3v) is 8.91. The Morgan fingerprint density at radius 3 is 1.41 bits per heavy atom. The van der Waals surface area contributed by atoms with Crippen molar-refractivity contribution in [2.45, 2.75) is 24.5 Å². The van der Waals surface area contributed by atoms with Crippen LogP contribution in [-0.4, -0.2) is 25.3 Å². The molecule has 0 aliphatic rings. The Morgan fingerprint density at radius 1 is 0.545 bits per heavy atom. The first-order valence-corrected chi connectivity index (χ1v) is 20.2. The molecule has 0 saturated carbocycles. The van der Waals surface area contributed by atoms with Gasteiger partial charge in [-0.2, -0.15) is 0 Å². The Hall–Kier alpha value is -3.34. The fourth-order valence-corrected chi connectivity index (χ4v) is 6.66. The van der Waals surface area contributed by atoms with Gasteiger partial charge in [-0.15, -0.1) is 0 Å². The molecular formula is C31H20F9OS2Sb. The van der Waals surface area contributed by atoms with Crippen LogP contribution in [0.5, 0.6) is 0 Å². The first-order valence-electron chi connectivity index (χ1n) is 12.4. The third kappa shape index (κ3) is 10.7. The predicted octanol–water partition coefficient (Wildman–Crippen LogP) is 10.7. The number of hydrogen-bond acceptors (Lipinski definition) is 2. The summed E-state index contributed by atoms with van der Waals surface area (Å²) < 4.78 is 102. The minimum absolute atomic E-state index is 0.228. The van der Waals surface area contributed by atoms with Crippen molar-refractivity contribution >= 4 is 47.9 Å². The van der Waals surface area contributed by atoms with Crippen molar-refractivity contribution in [3.05, 3.63) is 150 Å². The molecule has 0 aliphatic heterocycles. The van der Waals surface area contributed by atoms with E-state index in [-0.39, 0.29) is 17.4 Å². The van der Waals surface area contributed by atoms with Crippen molar-refractivity contribution in [1.29, 1.82) is 0 Å². The molecule has 0 amide bonds. The van der Waals surface area contributed by atoms with Gasteiger partial charge in [0.05, 0.1) is 10.9 Å². The molecule has 0 saturated heterocycles. The van der Waals surface area contributed by atoms with Gasteiger partial charge in [0.1, 0.15) is 17.5 Å². The van der Waals surface area contributed by atoms with E-state index in [2.05, 4.69) is 0 Å². The van der Waals surface area contributed by atoms with Crippen LogP contribution in [0.15, 0.2) is 146 Å². The molecule has 5 aromatic rings. The van der Waals surface area contributed by atoms with E-state index in [9.17, 15) is 34.8 Å². The summed E-state index contributed by atoms with van der Waals surface area (Å²) in [6.45, 7) is 0. The summed E-state index contributed by atoms with van der Waals surface area (Å²) in [6, 6.07) is 33.6. The SMILES string of the molecule is O=C(c1ccccc1)c1ccc(Sc2ccc([S+](c3ccc(F)cc3)c3ccc(F)cc3)cc2)c(F)c1.[F][Sb-]([F])([F])([F])([F])[F]. The van der Waals surface area contributed by atoms with Crippen LogP contribution < -0.4 is 0 Å². The molecule has 0 bridgehead atoms. The summed E-state index contributed by atoms with van der Waals surface area (Å²) in [6.07, 6.45) is 0. The summed E-state index contributed by atoms with van der Waals surface area (Å²) >= 11 is -9.99. The molecule has 0 unspecified atom stereocenters. The van der Waals surface area contributed by atoms with Crippen molar-refractivity contribution in [3.63, 3.8) is 0 Å². The molecule has 5 aromatic carbocycles. The maximum atomic E-state index is 14.9. The fourth-order valence-electron chi connectivity index (χ4n) is 3.80. The van der Waals surface area contributed by atoms with Crippen LogP contribution >= 0.6 is 11.8 Å². The number of carbonyl (C=O) groups excluding carboxylic acids is 1. The average molecular weight is 765 g/mol. The van der Waals surface area contributed by atoms with E-state index in [1.54, 1.807) is 60.7 Å². The Labute approximate surface area is 256 Å². The quantitative estimate of drug-likeness (QED) is 0.0711. The van der Waals surface area contributed by atoms with E-state index >= 15 is 0 Å². The number of rotatable bonds is 7. The van der Waals surface area contributed by atoms with Crippen molar-refractivity contribution in [2.75, 3.05) is 0 Å². The zero-order chi connectivity index (χ0) is 32.2. The number of hydrogen-bond donors (Lipinski definition) is 0. The average Bonchev–Trinajstić information content (AvgIpc) is 2.95. The van der Waals surface area contributed by atoms with E-state index in [0.717, 1.165) is 19.6 Å². The van der Waals surface area contributed by atoms with Crippen molar-refractivity contribution in [1.82, 2.24) is 0 Å². The van der Waals surface area contributed by atoms with Gasteiger partial charge in [0, 0.05) is 20.9 Å². The van der Waals surface area contributed by atoms with Gasteiger partial charge in [0.2, 0.25) is 0 Å². The molecule has 5 rings (SSSR count). The number of halogens is 9. The van der Waals surface area contributed by atoms with Gasteiger partial charge in [0.15, 0.2) is 20.5 Å². The molecule has 0 spiro atoms. The maximum absolute atomic E-state index is 14.9. The van der Waals surface area contributed by atoms with Gasteiger partial charge in [-0.3, -0.25) is 4.79 Å². The van der Waals surface area contributed by atoms with Crippen LogP contribution in [0.3, 0.4) is 0 Å². The number of benzene rings is 5. The van der Waals surface area contributed by atoms with Gasteiger partial charge in [0.25, 0.3) is 0 Å². The Morgan fingerprint density at radius 2 is 0.977 bits per heavy atom. The number of ketones is 1. The Balaban J connectivity index is 0.000000566. The molecule has 1 nitrogen and oxygen atoms in total. The first-order chi connectivity index (χ1) is 20.4. The minimum atomic E-state index is -11.2. The summed E-state index contributed by atoms with van der Waals surface area (Å²) in [4.78, 5) is 16.6. The molecule has 13 heteroatoms. The van der Waals surface area contributed by atoms with E-state index < -0.39 is 36.2 Å². The van der Waals surface area contributed by atoms with Crippen LogP contribution in [0.4, 0.5) is 30.0 Å². The molecule has 0 atom stereocenters. The molecule has 0 aliphatic carbocycles. The molecule has 0 fully saturated rings. The van der Waals surface area contributed by atoms with Crippen LogP contribution in [0.2, 0.25) is 0 Å². The summed E-state index contributed by atoms with van der Waals surface area (Å²) in [5.41, 5.74) is 0.807. The number of carbonyl (C=O) groups is 1. The van der Waals surface area contributed by atoms with Crippen LogP contribution in [0.25, 0.3) is 0 Å². The zero-order valence-electron chi connectivity index (χ0n) is 22.1. The first kappa shape index (κ1) is 33.5. The van der Waals surface area contributed by atoms with E-state index in [0.29, 0.717) is 16.0 Å². The zero-order valence-corrected chi connectivity index (χ0v) is 26.3. The molecule has 0 radical (unpaired) electrons. The molecule has 0 aromatic heterocycles. The van der Waals surface area contributed by atoms with Crippen molar-refractivity contribution in [2.24, 2.45) is 0 Å². The molecule has 0 heterocycles. The summed E-state index contributed by atoms with van der Waals surface area (Å²) in [5, 5.41) is 0. The third-order valence-electron chi connectivity index (χ3n) is 5.62. The molecule has 230 valence electrons. The van der Waals surface area contributed by atoms with Crippen LogP contribution in [0, 0.1) is 17.5 Å². The topological polar surface area (TPSA) is 17.1 Å². The van der Waals surface area contributed by atoms with E-state index in [1.807, 2.05) is 30.3 Å². The standard InChI is InChI=1S/C31H20F3OS2.6FH.Sb/c32-23-7-13-26(14-8-23)37(27-15-9-24(33)10-16-27)28-17-11-25(12-18-28)36-30-19-6-22(20-29(30)34)31(35)21-4-2-1-3-5-21;;;;;;;/h1-20H;6*1H;/q+1;;;;;;;+5/p-6. The van der Waals surface area contributed by atoms with Gasteiger partial charge in [-0.1, -0.05) is 42.1 Å². The second-order valence-electron chi connectivity index (χ2n) is 9.09. The van der Waals surface area contributed by atoms with Crippen LogP contribution in [-0.2, 0) is 10.9 Å². The normalized spacial score (nSPS) is 13.0. The van der Waals surface area contributed by atoms with Crippen LogP contribution in [0.1, 0.15) is 15.9 Å². The Bertz CT molecular complexity index is 1690. The molecule has 0 N–H and O–H groups in total. The van der Waals surface area contributed by atoms with Crippen molar-refractivity contribution < 1.29 is 34.8 Å². The fraction of sp³-hybridized carbons (Fsp3) is 0. The Kier molecular flexibility index (Phi) is 9.59. The van der Waals surface area contributed by atoms with Gasteiger partial charge < -0.3 is 0 Å². The second-order valence-corrected chi connectivity index (χ2v) is 17.7. The molecule has 44 heavy (non-hydrogen) atoms. The van der Waals surface area contributed by atoms with Crippen molar-refractivity contribution in [3.8, 4) is 0 Å².